The lowest BCUT2D eigenvalue weighted by atomic mass is 9.98. The lowest BCUT2D eigenvalue weighted by Gasteiger charge is -2.17. The van der Waals surface area contributed by atoms with Crippen molar-refractivity contribution in [3.63, 3.8) is 0 Å². The number of rotatable bonds is 3. The van der Waals surface area contributed by atoms with Gasteiger partial charge in [-0.15, -0.1) is 0 Å². The van der Waals surface area contributed by atoms with Gasteiger partial charge >= 0.3 is 0 Å². The van der Waals surface area contributed by atoms with Crippen LogP contribution >= 0.6 is 11.6 Å². The fourth-order valence-corrected chi connectivity index (χ4v) is 1.99. The molecule has 0 fully saturated rings. The van der Waals surface area contributed by atoms with Crippen LogP contribution in [0.5, 0.6) is 0 Å². The first-order valence-corrected chi connectivity index (χ1v) is 5.81. The summed E-state index contributed by atoms with van der Waals surface area (Å²) < 4.78 is 5.14. The van der Waals surface area contributed by atoms with Crippen LogP contribution in [0.25, 0.3) is 10.8 Å². The first-order chi connectivity index (χ1) is 7.72. The van der Waals surface area contributed by atoms with E-state index in [-0.39, 0.29) is 11.5 Å². The van der Waals surface area contributed by atoms with E-state index in [9.17, 15) is 0 Å². The molecule has 0 spiro atoms. The van der Waals surface area contributed by atoms with Crippen molar-refractivity contribution in [3.8, 4) is 0 Å². The predicted molar refractivity (Wildman–Crippen MR) is 69.0 cm³/mol. The molecule has 0 amide bonds. The Morgan fingerprint density at radius 3 is 2.44 bits per heavy atom. The number of fused-ring (bicyclic) bond motifs is 1. The normalized spacial score (nSPS) is 14.9. The van der Waals surface area contributed by atoms with Crippen molar-refractivity contribution >= 4 is 22.4 Å². The third-order valence-corrected chi connectivity index (χ3v) is 3.47. The van der Waals surface area contributed by atoms with Gasteiger partial charge in [0.25, 0.3) is 0 Å². The van der Waals surface area contributed by atoms with Gasteiger partial charge < -0.3 is 4.74 Å². The average molecular weight is 235 g/mol. The number of alkyl halides is 1. The summed E-state index contributed by atoms with van der Waals surface area (Å²) in [6.07, 6.45) is 0. The standard InChI is InChI=1S/C14H15ClO/c1-10(14(15)16-2)12-8-7-11-5-3-4-6-13(11)9-12/h3-10,14H,1-2H3. The molecule has 0 N–H and O–H groups in total. The maximum absolute atomic E-state index is 6.08. The predicted octanol–water partition coefficient (Wildman–Crippen LogP) is 4.15. The Bertz CT molecular complexity index is 481. The van der Waals surface area contributed by atoms with Crippen LogP contribution in [0.2, 0.25) is 0 Å². The van der Waals surface area contributed by atoms with Crippen LogP contribution in [0, 0.1) is 0 Å². The van der Waals surface area contributed by atoms with Gasteiger partial charge in [0.2, 0.25) is 0 Å². The van der Waals surface area contributed by atoms with Gasteiger partial charge in [0, 0.05) is 13.0 Å². The highest BCUT2D eigenvalue weighted by Crippen LogP contribution is 2.26. The molecule has 0 radical (unpaired) electrons. The maximum Gasteiger partial charge on any atom is 0.137 e. The van der Waals surface area contributed by atoms with Gasteiger partial charge in [-0.1, -0.05) is 61.0 Å². The largest absolute Gasteiger partial charge is 0.365 e. The average Bonchev–Trinajstić information content (AvgIpc) is 2.36. The van der Waals surface area contributed by atoms with Gasteiger partial charge in [0.1, 0.15) is 5.56 Å². The molecular weight excluding hydrogens is 220 g/mol. The molecule has 16 heavy (non-hydrogen) atoms. The van der Waals surface area contributed by atoms with Crippen LogP contribution in [0.3, 0.4) is 0 Å². The molecule has 2 unspecified atom stereocenters. The van der Waals surface area contributed by atoms with Crippen LogP contribution in [0.15, 0.2) is 42.5 Å². The number of benzene rings is 2. The molecule has 2 atom stereocenters. The third-order valence-electron chi connectivity index (χ3n) is 2.92. The minimum Gasteiger partial charge on any atom is -0.365 e. The summed E-state index contributed by atoms with van der Waals surface area (Å²) in [5.41, 5.74) is 0.932. The summed E-state index contributed by atoms with van der Waals surface area (Å²) in [6, 6.07) is 14.7. The van der Waals surface area contributed by atoms with E-state index < -0.39 is 0 Å². The molecule has 0 aromatic heterocycles. The van der Waals surface area contributed by atoms with Crippen LogP contribution in [-0.2, 0) is 4.74 Å². The van der Waals surface area contributed by atoms with Gasteiger partial charge in [0.15, 0.2) is 0 Å². The number of methoxy groups -OCH3 is 1. The third kappa shape index (κ3) is 2.21. The maximum atomic E-state index is 6.08. The minimum absolute atomic E-state index is 0.191. The van der Waals surface area contributed by atoms with Gasteiger partial charge in [0.05, 0.1) is 0 Å². The molecular formula is C14H15ClO. The van der Waals surface area contributed by atoms with Crippen molar-refractivity contribution in [2.75, 3.05) is 7.11 Å². The van der Waals surface area contributed by atoms with E-state index in [0.717, 1.165) is 0 Å². The Morgan fingerprint density at radius 1 is 1.06 bits per heavy atom. The molecule has 2 aromatic carbocycles. The Balaban J connectivity index is 2.39. The molecule has 2 rings (SSSR count). The number of halogens is 1. The summed E-state index contributed by atoms with van der Waals surface area (Å²) in [4.78, 5) is 0. The molecule has 0 bridgehead atoms. The van der Waals surface area contributed by atoms with E-state index in [2.05, 4.69) is 37.3 Å². The molecule has 1 nitrogen and oxygen atoms in total. The first kappa shape index (κ1) is 11.4. The fourth-order valence-electron chi connectivity index (χ4n) is 1.85. The molecule has 0 aliphatic carbocycles. The van der Waals surface area contributed by atoms with E-state index in [1.807, 2.05) is 12.1 Å². The second-order valence-electron chi connectivity index (χ2n) is 3.98. The zero-order valence-electron chi connectivity index (χ0n) is 9.48. The molecule has 2 aromatic rings. The van der Waals surface area contributed by atoms with E-state index in [1.165, 1.54) is 16.3 Å². The zero-order chi connectivity index (χ0) is 11.5. The summed E-state index contributed by atoms with van der Waals surface area (Å²) in [5, 5.41) is 2.49. The topological polar surface area (TPSA) is 9.23 Å². The minimum atomic E-state index is -0.277. The van der Waals surface area contributed by atoms with Crippen LogP contribution in [0.4, 0.5) is 0 Å². The Hall–Kier alpha value is -1.05. The quantitative estimate of drug-likeness (QED) is 0.725. The summed E-state index contributed by atoms with van der Waals surface area (Å²) in [7, 11) is 1.63. The van der Waals surface area contributed by atoms with Gasteiger partial charge in [-0.3, -0.25) is 0 Å². The Morgan fingerprint density at radius 2 is 1.75 bits per heavy atom. The highest BCUT2D eigenvalue weighted by molar-refractivity contribution is 6.20. The monoisotopic (exact) mass is 234 g/mol. The first-order valence-electron chi connectivity index (χ1n) is 5.38. The lowest BCUT2D eigenvalue weighted by Crippen LogP contribution is -2.11. The molecule has 0 heterocycles. The second kappa shape index (κ2) is 4.86. The SMILES string of the molecule is COC(Cl)C(C)c1ccc2ccccc2c1. The Kier molecular flexibility index (Phi) is 3.47. The molecule has 0 aliphatic heterocycles. The van der Waals surface area contributed by atoms with E-state index in [0.29, 0.717) is 0 Å². The summed E-state index contributed by atoms with van der Waals surface area (Å²) in [5.74, 6) is 0.191. The van der Waals surface area contributed by atoms with E-state index >= 15 is 0 Å². The molecule has 0 saturated heterocycles. The van der Waals surface area contributed by atoms with E-state index in [1.54, 1.807) is 7.11 Å². The Labute approximate surface area is 101 Å². The smallest absolute Gasteiger partial charge is 0.137 e. The van der Waals surface area contributed by atoms with Crippen LogP contribution in [-0.4, -0.2) is 12.7 Å². The van der Waals surface area contributed by atoms with Crippen LogP contribution in [0.1, 0.15) is 18.4 Å². The second-order valence-corrected chi connectivity index (χ2v) is 4.41. The summed E-state index contributed by atoms with van der Waals surface area (Å²) in [6.45, 7) is 2.07. The van der Waals surface area contributed by atoms with Crippen molar-refractivity contribution in [3.05, 3.63) is 48.0 Å². The molecule has 84 valence electrons. The highest BCUT2D eigenvalue weighted by atomic mass is 35.5. The number of hydrogen-bond acceptors (Lipinski definition) is 1. The van der Waals surface area contributed by atoms with Gasteiger partial charge in [-0.05, 0) is 16.3 Å². The van der Waals surface area contributed by atoms with E-state index in [4.69, 9.17) is 16.3 Å². The van der Waals surface area contributed by atoms with Crippen molar-refractivity contribution in [1.29, 1.82) is 0 Å². The van der Waals surface area contributed by atoms with Crippen molar-refractivity contribution in [2.45, 2.75) is 18.4 Å². The highest BCUT2D eigenvalue weighted by Gasteiger charge is 2.15. The van der Waals surface area contributed by atoms with Gasteiger partial charge in [-0.2, -0.15) is 0 Å². The van der Waals surface area contributed by atoms with Crippen LogP contribution < -0.4 is 0 Å². The van der Waals surface area contributed by atoms with Crippen molar-refractivity contribution < 1.29 is 4.74 Å². The lowest BCUT2D eigenvalue weighted by molar-refractivity contribution is 0.149. The fraction of sp³-hybridized carbons (Fsp3) is 0.286. The molecule has 0 aliphatic rings. The van der Waals surface area contributed by atoms with Gasteiger partial charge in [-0.25, -0.2) is 0 Å². The van der Waals surface area contributed by atoms with Crippen molar-refractivity contribution in [1.82, 2.24) is 0 Å². The molecule has 0 saturated carbocycles. The number of ether oxygens (including phenoxy) is 1. The molecule has 2 heteroatoms. The summed E-state index contributed by atoms with van der Waals surface area (Å²) >= 11 is 6.08. The number of hydrogen-bond donors (Lipinski definition) is 0. The van der Waals surface area contributed by atoms with Crippen molar-refractivity contribution in [2.24, 2.45) is 0 Å². The zero-order valence-corrected chi connectivity index (χ0v) is 10.2.